The summed E-state index contributed by atoms with van der Waals surface area (Å²) in [5.41, 5.74) is -1.27. The van der Waals surface area contributed by atoms with E-state index in [1.165, 1.54) is 0 Å². The average molecular weight is 466 g/mol. The Balaban J connectivity index is 1.62. The Morgan fingerprint density at radius 2 is 1.94 bits per heavy atom. The number of aliphatic hydroxyl groups excluding tert-OH is 2. The summed E-state index contributed by atoms with van der Waals surface area (Å²) in [6.45, 7) is 7.52. The van der Waals surface area contributed by atoms with Gasteiger partial charge in [0.25, 0.3) is 0 Å². The second kappa shape index (κ2) is 10.2. The monoisotopic (exact) mass is 465 g/mol. The van der Waals surface area contributed by atoms with E-state index in [0.29, 0.717) is 26.1 Å². The van der Waals surface area contributed by atoms with Crippen molar-refractivity contribution < 1.29 is 30.6 Å². The highest BCUT2D eigenvalue weighted by Crippen LogP contribution is 2.52. The van der Waals surface area contributed by atoms with Gasteiger partial charge in [-0.2, -0.15) is 0 Å². The van der Waals surface area contributed by atoms with Crippen LogP contribution in [0.2, 0.25) is 0 Å². The van der Waals surface area contributed by atoms with Crippen LogP contribution in [-0.4, -0.2) is 53.3 Å². The Kier molecular flexibility index (Phi) is 7.34. The first kappa shape index (κ1) is 23.6. The lowest BCUT2D eigenvalue weighted by molar-refractivity contribution is -0.197. The normalized spacial score (nSPS) is 40.1. The van der Waals surface area contributed by atoms with E-state index in [9.17, 15) is 16.4 Å². The number of hydrogen-bond donors (Lipinski definition) is 2. The Morgan fingerprint density at radius 3 is 2.58 bits per heavy atom. The third-order valence-corrected chi connectivity index (χ3v) is 8.47. The maximum Gasteiger partial charge on any atom is 0.317 e. The molecule has 7 atom stereocenters. The molecule has 2 unspecified atom stereocenters. The molecule has 0 amide bonds. The van der Waals surface area contributed by atoms with Crippen molar-refractivity contribution in [2.75, 3.05) is 13.2 Å². The molecule has 4 aliphatic rings. The summed E-state index contributed by atoms with van der Waals surface area (Å²) >= 11 is 0. The van der Waals surface area contributed by atoms with Crippen molar-refractivity contribution in [3.05, 3.63) is 11.8 Å². The second-order valence-electron chi connectivity index (χ2n) is 11.3. The molecule has 3 heterocycles. The van der Waals surface area contributed by atoms with E-state index in [1.54, 1.807) is 6.08 Å². The molecule has 33 heavy (non-hydrogen) atoms. The lowest BCUT2D eigenvalue weighted by Crippen LogP contribution is -2.51. The molecule has 2 N–H and O–H groups in total. The molecule has 0 spiro atoms. The van der Waals surface area contributed by atoms with Crippen molar-refractivity contribution in [2.24, 2.45) is 23.1 Å². The lowest BCUT2D eigenvalue weighted by Gasteiger charge is -2.43. The summed E-state index contributed by atoms with van der Waals surface area (Å²) in [7, 11) is 0. The summed E-state index contributed by atoms with van der Waals surface area (Å²) in [6, 6.07) is 0. The van der Waals surface area contributed by atoms with Crippen LogP contribution in [0.15, 0.2) is 11.8 Å². The third kappa shape index (κ3) is 5.13. The van der Waals surface area contributed by atoms with Crippen molar-refractivity contribution in [1.29, 1.82) is 0 Å². The Labute approximate surface area is 200 Å². The van der Waals surface area contributed by atoms with Crippen LogP contribution in [0.3, 0.4) is 0 Å². The highest BCUT2D eigenvalue weighted by Gasteiger charge is 2.61. The smallest absolute Gasteiger partial charge is 0.317 e. The van der Waals surface area contributed by atoms with Gasteiger partial charge in [-0.25, -0.2) is 0 Å². The van der Waals surface area contributed by atoms with E-state index in [1.807, 2.05) is 0 Å². The quantitative estimate of drug-likeness (QED) is 0.384. The van der Waals surface area contributed by atoms with Crippen molar-refractivity contribution in [1.82, 2.24) is 0 Å². The third-order valence-electron chi connectivity index (χ3n) is 8.47. The van der Waals surface area contributed by atoms with Crippen LogP contribution >= 0.6 is 0 Å². The van der Waals surface area contributed by atoms with Gasteiger partial charge in [0.15, 0.2) is 0 Å². The summed E-state index contributed by atoms with van der Waals surface area (Å²) in [5, 5.41) is 22.3. The molecule has 2 bridgehead atoms. The van der Waals surface area contributed by atoms with E-state index >= 15 is 0 Å². The number of aliphatic hydroxyl groups is 2. The number of fused-ring (bicyclic) bond motifs is 2. The maximum atomic E-state index is 13.3. The molecule has 0 aromatic carbocycles. The van der Waals surface area contributed by atoms with Gasteiger partial charge in [0.05, 0.1) is 18.3 Å². The summed E-state index contributed by atoms with van der Waals surface area (Å²) < 4.78 is 27.6. The number of carbonyl (C=O) groups is 1. The molecule has 1 aliphatic carbocycles. The molecule has 6 heteroatoms. The van der Waals surface area contributed by atoms with Crippen molar-refractivity contribution in [2.45, 2.75) is 115 Å². The molecule has 6 nitrogen and oxygen atoms in total. The first-order valence-electron chi connectivity index (χ1n) is 13.7. The fourth-order valence-corrected chi connectivity index (χ4v) is 6.53. The number of hydrogen-bond acceptors (Lipinski definition) is 6. The number of carbonyl (C=O) groups excluding carboxylic acids is 1. The van der Waals surface area contributed by atoms with Gasteiger partial charge in [-0.15, -0.1) is 0 Å². The first-order valence-corrected chi connectivity index (χ1v) is 13.2. The zero-order valence-corrected chi connectivity index (χ0v) is 20.7. The molecule has 4 rings (SSSR count). The maximum absolute atomic E-state index is 13.3. The van der Waals surface area contributed by atoms with E-state index in [-0.39, 0.29) is 18.0 Å². The van der Waals surface area contributed by atoms with Crippen LogP contribution in [0.1, 0.15) is 92.8 Å². The number of unbranched alkanes of at least 4 members (excludes halogenated alkanes) is 1. The fourth-order valence-electron chi connectivity index (χ4n) is 6.53. The molecular formula is C27H44O6. The zero-order chi connectivity index (χ0) is 24.6. The van der Waals surface area contributed by atoms with Crippen LogP contribution in [-0.2, 0) is 19.0 Å². The van der Waals surface area contributed by atoms with Crippen molar-refractivity contribution in [3.8, 4) is 0 Å². The summed E-state index contributed by atoms with van der Waals surface area (Å²) in [5.74, 6) is -3.24. The molecule has 3 saturated heterocycles. The lowest BCUT2D eigenvalue weighted by atomic mass is 9.70. The topological polar surface area (TPSA) is 85.2 Å². The molecular weight excluding hydrogens is 420 g/mol. The molecule has 0 radical (unpaired) electrons. The number of rotatable bonds is 8. The summed E-state index contributed by atoms with van der Waals surface area (Å²) in [4.78, 5) is 13.3. The van der Waals surface area contributed by atoms with E-state index in [4.69, 9.17) is 14.2 Å². The summed E-state index contributed by atoms with van der Waals surface area (Å²) in [6.07, 6.45) is 9.48. The van der Waals surface area contributed by atoms with E-state index < -0.39 is 40.8 Å². The predicted molar refractivity (Wildman–Crippen MR) is 126 cm³/mol. The molecule has 0 aromatic rings. The van der Waals surface area contributed by atoms with Gasteiger partial charge in [0, 0.05) is 32.8 Å². The zero-order valence-electron chi connectivity index (χ0n) is 21.7. The fraction of sp³-hybridized carbons (Fsp3) is 0.889. The van der Waals surface area contributed by atoms with Crippen LogP contribution in [0.5, 0.6) is 0 Å². The number of ether oxygens (including phenoxy) is 3. The van der Waals surface area contributed by atoms with Gasteiger partial charge in [0.1, 0.15) is 17.3 Å². The molecule has 0 aromatic heterocycles. The Morgan fingerprint density at radius 1 is 1.21 bits per heavy atom. The van der Waals surface area contributed by atoms with Crippen LogP contribution < -0.4 is 0 Å². The number of esters is 1. The SMILES string of the molecule is [2H][C@](C=C(O)[C@@H]1C(=O)O[C@@]2(C3CCCCO3)C[C@@H]1[C@H](O)C2)(C1CCCCO1)C(C)(C)CCCC. The highest BCUT2D eigenvalue weighted by atomic mass is 16.6. The minimum Gasteiger partial charge on any atom is -0.512 e. The standard InChI is InChI=1S/C27H44O6/c1-4-5-12-26(2,3)19(22-10-6-8-13-31-22)15-20(28)24-18-16-27(17-21(18)29,33-25(24)30)23-11-7-9-14-32-23/h15,18-19,21-24,28-29H,4-14,16-17H2,1-3H3/t18-,19+,21-,22?,23?,24-,27+/m1/s1/i19D. The minimum atomic E-state index is -1.20. The largest absolute Gasteiger partial charge is 0.512 e. The minimum absolute atomic E-state index is 0.150. The Bertz CT molecular complexity index is 756. The van der Waals surface area contributed by atoms with E-state index in [0.717, 1.165) is 57.8 Å². The Hall–Kier alpha value is -1.11. The molecule has 188 valence electrons. The second-order valence-corrected chi connectivity index (χ2v) is 11.3. The van der Waals surface area contributed by atoms with Gasteiger partial charge >= 0.3 is 5.97 Å². The molecule has 3 aliphatic heterocycles. The van der Waals surface area contributed by atoms with Crippen LogP contribution in [0, 0.1) is 23.1 Å². The van der Waals surface area contributed by atoms with Crippen LogP contribution in [0.25, 0.3) is 0 Å². The van der Waals surface area contributed by atoms with Crippen LogP contribution in [0.4, 0.5) is 0 Å². The van der Waals surface area contributed by atoms with Crippen molar-refractivity contribution in [3.63, 3.8) is 0 Å². The highest BCUT2D eigenvalue weighted by molar-refractivity contribution is 5.77. The predicted octanol–water partition coefficient (Wildman–Crippen LogP) is 5.08. The van der Waals surface area contributed by atoms with Gasteiger partial charge in [-0.1, -0.05) is 33.6 Å². The average Bonchev–Trinajstić information content (AvgIpc) is 3.10. The van der Waals surface area contributed by atoms with Gasteiger partial charge in [-0.05, 0) is 62.9 Å². The van der Waals surface area contributed by atoms with Gasteiger partial charge < -0.3 is 24.4 Å². The molecule has 4 fully saturated rings. The molecule has 1 saturated carbocycles. The van der Waals surface area contributed by atoms with Gasteiger partial charge in [-0.3, -0.25) is 4.79 Å². The van der Waals surface area contributed by atoms with Gasteiger partial charge in [0.2, 0.25) is 0 Å². The first-order chi connectivity index (χ1) is 16.1. The van der Waals surface area contributed by atoms with Crippen molar-refractivity contribution >= 4 is 5.97 Å². The van der Waals surface area contributed by atoms with E-state index in [2.05, 4.69) is 20.8 Å².